The summed E-state index contributed by atoms with van der Waals surface area (Å²) in [6.07, 6.45) is 0. The molecule has 1 N–H and O–H groups in total. The summed E-state index contributed by atoms with van der Waals surface area (Å²) in [5.41, 5.74) is 0.159. The molecule has 1 fully saturated rings. The number of piperazine rings is 1. The summed E-state index contributed by atoms with van der Waals surface area (Å²) in [5.74, 6) is -1.88. The van der Waals surface area contributed by atoms with Gasteiger partial charge in [0.25, 0.3) is 0 Å². The molecule has 1 aliphatic rings. The Kier molecular flexibility index (Phi) is 5.03. The van der Waals surface area contributed by atoms with Crippen molar-refractivity contribution in [2.75, 3.05) is 32.8 Å². The summed E-state index contributed by atoms with van der Waals surface area (Å²) < 4.78 is 32.0. The van der Waals surface area contributed by atoms with Gasteiger partial charge in [-0.3, -0.25) is 4.90 Å². The number of hydrogen-bond acceptors (Lipinski definition) is 4. The average Bonchev–Trinajstić information content (AvgIpc) is 2.43. The van der Waals surface area contributed by atoms with Crippen molar-refractivity contribution in [2.45, 2.75) is 13.0 Å². The van der Waals surface area contributed by atoms with E-state index in [4.69, 9.17) is 4.74 Å². The minimum atomic E-state index is -0.822. The summed E-state index contributed by atoms with van der Waals surface area (Å²) in [4.78, 5) is 14.0. The number of esters is 1. The monoisotopic (exact) mass is 284 g/mol. The maximum atomic E-state index is 14.0. The smallest absolute Gasteiger partial charge is 0.328 e. The normalized spacial score (nSPS) is 17.8. The predicted octanol–water partition coefficient (Wildman–Crippen LogP) is 1.47. The lowest BCUT2D eigenvalue weighted by atomic mass is 10.0. The molecule has 0 amide bonds. The first-order valence-electron chi connectivity index (χ1n) is 6.70. The van der Waals surface area contributed by atoms with E-state index in [1.807, 2.05) is 4.90 Å². The number of benzene rings is 1. The van der Waals surface area contributed by atoms with Gasteiger partial charge < -0.3 is 10.1 Å². The Bertz CT molecular complexity index is 476. The molecule has 1 unspecified atom stereocenters. The molecule has 0 spiro atoms. The number of halogens is 2. The molecule has 110 valence electrons. The van der Waals surface area contributed by atoms with Crippen molar-refractivity contribution in [1.82, 2.24) is 10.2 Å². The maximum Gasteiger partial charge on any atom is 0.328 e. The topological polar surface area (TPSA) is 41.6 Å². The van der Waals surface area contributed by atoms with Gasteiger partial charge in [0.05, 0.1) is 6.61 Å². The molecule has 2 rings (SSSR count). The fourth-order valence-corrected chi connectivity index (χ4v) is 2.36. The van der Waals surface area contributed by atoms with Crippen molar-refractivity contribution in [3.8, 4) is 0 Å². The van der Waals surface area contributed by atoms with Gasteiger partial charge in [0.2, 0.25) is 0 Å². The molecule has 20 heavy (non-hydrogen) atoms. The van der Waals surface area contributed by atoms with Gasteiger partial charge >= 0.3 is 5.97 Å². The maximum absolute atomic E-state index is 14.0. The van der Waals surface area contributed by atoms with E-state index in [9.17, 15) is 13.6 Å². The van der Waals surface area contributed by atoms with Crippen LogP contribution in [0, 0.1) is 11.6 Å². The summed E-state index contributed by atoms with van der Waals surface area (Å²) in [6, 6.07) is 2.45. The minimum absolute atomic E-state index is 0.159. The van der Waals surface area contributed by atoms with Crippen LogP contribution < -0.4 is 5.32 Å². The van der Waals surface area contributed by atoms with Crippen molar-refractivity contribution < 1.29 is 18.3 Å². The highest BCUT2D eigenvalue weighted by Gasteiger charge is 2.32. The van der Waals surface area contributed by atoms with Crippen LogP contribution >= 0.6 is 0 Å². The summed E-state index contributed by atoms with van der Waals surface area (Å²) in [6.45, 7) is 4.59. The third-order valence-corrected chi connectivity index (χ3v) is 3.28. The number of ether oxygens (including phenoxy) is 1. The van der Waals surface area contributed by atoms with Crippen LogP contribution in [-0.4, -0.2) is 43.7 Å². The van der Waals surface area contributed by atoms with Gasteiger partial charge in [-0.15, -0.1) is 0 Å². The molecule has 1 atom stereocenters. The lowest BCUT2D eigenvalue weighted by Gasteiger charge is -2.33. The van der Waals surface area contributed by atoms with Crippen LogP contribution in [0.4, 0.5) is 8.78 Å². The van der Waals surface area contributed by atoms with Crippen LogP contribution in [0.1, 0.15) is 18.5 Å². The molecule has 1 aliphatic heterocycles. The molecule has 0 saturated carbocycles. The first-order valence-corrected chi connectivity index (χ1v) is 6.70. The highest BCUT2D eigenvalue weighted by molar-refractivity contribution is 5.77. The SMILES string of the molecule is CCOC(=O)C(c1ccc(F)cc1F)N1CCNCC1. The highest BCUT2D eigenvalue weighted by atomic mass is 19.1. The predicted molar refractivity (Wildman–Crippen MR) is 70.2 cm³/mol. The first-order chi connectivity index (χ1) is 9.63. The van der Waals surface area contributed by atoms with Crippen LogP contribution in [0.3, 0.4) is 0 Å². The Hall–Kier alpha value is -1.53. The van der Waals surface area contributed by atoms with Crippen molar-refractivity contribution >= 4 is 5.97 Å². The Labute approximate surface area is 116 Å². The van der Waals surface area contributed by atoms with Crippen molar-refractivity contribution in [3.63, 3.8) is 0 Å². The summed E-state index contributed by atoms with van der Waals surface area (Å²) in [5, 5.41) is 3.17. The molecule has 0 aromatic heterocycles. The van der Waals surface area contributed by atoms with Crippen molar-refractivity contribution in [2.24, 2.45) is 0 Å². The highest BCUT2D eigenvalue weighted by Crippen LogP contribution is 2.26. The van der Waals surface area contributed by atoms with Crippen LogP contribution in [-0.2, 0) is 9.53 Å². The molecule has 0 bridgehead atoms. The fraction of sp³-hybridized carbons (Fsp3) is 0.500. The summed E-state index contributed by atoms with van der Waals surface area (Å²) in [7, 11) is 0. The zero-order valence-corrected chi connectivity index (χ0v) is 11.4. The van der Waals surface area contributed by atoms with E-state index >= 15 is 0 Å². The number of carbonyl (C=O) groups is 1. The molecular weight excluding hydrogens is 266 g/mol. The van der Waals surface area contributed by atoms with Crippen LogP contribution in [0.25, 0.3) is 0 Å². The van der Waals surface area contributed by atoms with E-state index in [0.717, 1.165) is 25.2 Å². The van der Waals surface area contributed by atoms with Crippen molar-refractivity contribution in [3.05, 3.63) is 35.4 Å². The van der Waals surface area contributed by atoms with E-state index in [1.165, 1.54) is 6.07 Å². The molecular formula is C14H18F2N2O2. The fourth-order valence-electron chi connectivity index (χ4n) is 2.36. The Morgan fingerprint density at radius 3 is 2.70 bits per heavy atom. The third-order valence-electron chi connectivity index (χ3n) is 3.28. The first kappa shape index (κ1) is 14.9. The van der Waals surface area contributed by atoms with Gasteiger partial charge in [-0.25, -0.2) is 13.6 Å². The molecule has 4 nitrogen and oxygen atoms in total. The Balaban J connectivity index is 2.31. The number of rotatable bonds is 4. The van der Waals surface area contributed by atoms with Gasteiger partial charge in [0.1, 0.15) is 17.7 Å². The van der Waals surface area contributed by atoms with Gasteiger partial charge in [0, 0.05) is 37.8 Å². The second-order valence-corrected chi connectivity index (χ2v) is 4.61. The molecule has 6 heteroatoms. The molecule has 0 radical (unpaired) electrons. The second-order valence-electron chi connectivity index (χ2n) is 4.61. The van der Waals surface area contributed by atoms with E-state index in [1.54, 1.807) is 6.92 Å². The average molecular weight is 284 g/mol. The van der Waals surface area contributed by atoms with Gasteiger partial charge in [-0.05, 0) is 13.0 Å². The number of hydrogen-bond donors (Lipinski definition) is 1. The molecule has 1 aromatic carbocycles. The van der Waals surface area contributed by atoms with E-state index in [0.29, 0.717) is 13.1 Å². The Morgan fingerprint density at radius 1 is 1.40 bits per heavy atom. The standard InChI is InChI=1S/C14H18F2N2O2/c1-2-20-14(19)13(18-7-5-17-6-8-18)11-4-3-10(15)9-12(11)16/h3-4,9,13,17H,2,5-8H2,1H3. The van der Waals surface area contributed by atoms with Crippen LogP contribution in [0.15, 0.2) is 18.2 Å². The molecule has 1 saturated heterocycles. The minimum Gasteiger partial charge on any atom is -0.465 e. The Morgan fingerprint density at radius 2 is 2.10 bits per heavy atom. The van der Waals surface area contributed by atoms with Gasteiger partial charge in [-0.2, -0.15) is 0 Å². The quantitative estimate of drug-likeness (QED) is 0.850. The number of nitrogens with one attached hydrogen (secondary N) is 1. The van der Waals surface area contributed by atoms with Crippen molar-refractivity contribution in [1.29, 1.82) is 0 Å². The van der Waals surface area contributed by atoms with Crippen LogP contribution in [0.2, 0.25) is 0 Å². The zero-order chi connectivity index (χ0) is 14.5. The number of nitrogens with zero attached hydrogens (tertiary/aromatic N) is 1. The largest absolute Gasteiger partial charge is 0.465 e. The van der Waals surface area contributed by atoms with Gasteiger partial charge in [0.15, 0.2) is 0 Å². The zero-order valence-electron chi connectivity index (χ0n) is 11.4. The molecule has 1 heterocycles. The third kappa shape index (κ3) is 3.32. The van der Waals surface area contributed by atoms with E-state index < -0.39 is 23.6 Å². The van der Waals surface area contributed by atoms with E-state index in [-0.39, 0.29) is 12.2 Å². The lowest BCUT2D eigenvalue weighted by molar-refractivity contribution is -0.150. The second kappa shape index (κ2) is 6.76. The summed E-state index contributed by atoms with van der Waals surface area (Å²) >= 11 is 0. The van der Waals surface area contributed by atoms with Crippen LogP contribution in [0.5, 0.6) is 0 Å². The molecule has 0 aliphatic carbocycles. The van der Waals surface area contributed by atoms with E-state index in [2.05, 4.69) is 5.32 Å². The number of carbonyl (C=O) groups excluding carboxylic acids is 1. The molecule has 1 aromatic rings. The van der Waals surface area contributed by atoms with Gasteiger partial charge in [-0.1, -0.05) is 6.07 Å². The lowest BCUT2D eigenvalue weighted by Crippen LogP contribution is -2.47.